The predicted octanol–water partition coefficient (Wildman–Crippen LogP) is 5.49. The number of nitrogens with zero attached hydrogens (tertiary/aromatic N) is 5. The van der Waals surface area contributed by atoms with Crippen molar-refractivity contribution in [1.82, 2.24) is 19.6 Å². The first kappa shape index (κ1) is 23.1. The molecule has 1 aliphatic heterocycles. The van der Waals surface area contributed by atoms with Crippen LogP contribution in [0.2, 0.25) is 10.3 Å². The van der Waals surface area contributed by atoms with E-state index in [2.05, 4.69) is 27.0 Å². The number of urea groups is 1. The highest BCUT2D eigenvalue weighted by Gasteiger charge is 2.62. The standard InChI is InChI=1S/C18H10Cl2F6N6O/c1-2-16(18(24,25)26)7-31(9-6-27-13-5-12(20)30-32(13)14(9)16)15(33)28-8-3-10(17(21,22)23)29-11(19)4-8/h2-6H,1,7H2,(H,28,29,33)/t16-/m1/s1. The molecule has 7 nitrogen and oxygen atoms in total. The fourth-order valence-electron chi connectivity index (χ4n) is 3.51. The van der Waals surface area contributed by atoms with Gasteiger partial charge in [0.25, 0.3) is 0 Å². The zero-order valence-electron chi connectivity index (χ0n) is 16.0. The molecule has 1 aliphatic rings. The van der Waals surface area contributed by atoms with Crippen LogP contribution in [0.3, 0.4) is 0 Å². The Hall–Kier alpha value is -3.06. The van der Waals surface area contributed by atoms with E-state index in [1.54, 1.807) is 0 Å². The highest BCUT2D eigenvalue weighted by molar-refractivity contribution is 6.30. The molecule has 0 spiro atoms. The predicted molar refractivity (Wildman–Crippen MR) is 107 cm³/mol. The van der Waals surface area contributed by atoms with E-state index >= 15 is 0 Å². The second-order valence-corrected chi connectivity index (χ2v) is 7.75. The number of aromatic nitrogens is 4. The summed E-state index contributed by atoms with van der Waals surface area (Å²) in [6.07, 6.45) is -8.15. The van der Waals surface area contributed by atoms with Crippen LogP contribution in [0.15, 0.2) is 37.1 Å². The van der Waals surface area contributed by atoms with Gasteiger partial charge in [-0.15, -0.1) is 6.58 Å². The maximum Gasteiger partial charge on any atom is 0.433 e. The number of hydrogen-bond acceptors (Lipinski definition) is 4. The van der Waals surface area contributed by atoms with E-state index in [9.17, 15) is 31.1 Å². The lowest BCUT2D eigenvalue weighted by Gasteiger charge is -2.29. The quantitative estimate of drug-likeness (QED) is 0.281. The Labute approximate surface area is 190 Å². The molecule has 33 heavy (non-hydrogen) atoms. The molecule has 3 aromatic heterocycles. The molecule has 4 rings (SSSR count). The van der Waals surface area contributed by atoms with Gasteiger partial charge in [0.1, 0.15) is 16.3 Å². The highest BCUT2D eigenvalue weighted by atomic mass is 35.5. The van der Waals surface area contributed by atoms with Crippen molar-refractivity contribution >= 4 is 46.3 Å². The topological polar surface area (TPSA) is 75.4 Å². The second-order valence-electron chi connectivity index (χ2n) is 6.98. The van der Waals surface area contributed by atoms with Crippen molar-refractivity contribution in [3.63, 3.8) is 0 Å². The fraction of sp³-hybridized carbons (Fsp3) is 0.222. The number of hydrogen-bond donors (Lipinski definition) is 1. The summed E-state index contributed by atoms with van der Waals surface area (Å²) in [7, 11) is 0. The first-order valence-corrected chi connectivity index (χ1v) is 9.61. The number of rotatable bonds is 2. The van der Waals surface area contributed by atoms with Crippen LogP contribution in [0.25, 0.3) is 5.65 Å². The van der Waals surface area contributed by atoms with E-state index in [0.717, 1.165) is 16.8 Å². The summed E-state index contributed by atoms with van der Waals surface area (Å²) >= 11 is 11.4. The summed E-state index contributed by atoms with van der Waals surface area (Å²) in [5.41, 5.74) is -5.34. The van der Waals surface area contributed by atoms with Gasteiger partial charge in [0.15, 0.2) is 10.8 Å². The molecule has 15 heteroatoms. The molecule has 0 saturated heterocycles. The first-order valence-electron chi connectivity index (χ1n) is 8.85. The SMILES string of the molecule is C=C[C@@]1(C(F)(F)F)CN(C(=O)Nc2cc(Cl)nc(C(F)(F)F)c2)c2cnc3cc(Cl)nn3c21. The van der Waals surface area contributed by atoms with E-state index in [1.807, 2.05) is 0 Å². The van der Waals surface area contributed by atoms with E-state index in [1.165, 1.54) is 6.07 Å². The Bertz CT molecular complexity index is 1290. The molecule has 0 saturated carbocycles. The molecular weight excluding hydrogens is 501 g/mol. The van der Waals surface area contributed by atoms with Gasteiger partial charge >= 0.3 is 18.4 Å². The number of halogens is 8. The van der Waals surface area contributed by atoms with Gasteiger partial charge in [-0.2, -0.15) is 31.4 Å². The molecule has 0 radical (unpaired) electrons. The fourth-order valence-corrected chi connectivity index (χ4v) is 3.89. The highest BCUT2D eigenvalue weighted by Crippen LogP contribution is 2.51. The number of carbonyl (C=O) groups excluding carboxylic acids is 1. The Morgan fingerprint density at radius 3 is 2.45 bits per heavy atom. The molecule has 0 fully saturated rings. The molecule has 2 amide bonds. The molecule has 3 aromatic rings. The third-order valence-corrected chi connectivity index (χ3v) is 5.37. The zero-order chi connectivity index (χ0) is 24.3. The van der Waals surface area contributed by atoms with Crippen LogP contribution in [0.4, 0.5) is 42.5 Å². The van der Waals surface area contributed by atoms with Crippen molar-refractivity contribution in [2.24, 2.45) is 0 Å². The van der Waals surface area contributed by atoms with E-state index in [4.69, 9.17) is 23.2 Å². The van der Waals surface area contributed by atoms with E-state index in [0.29, 0.717) is 17.0 Å². The van der Waals surface area contributed by atoms with Crippen molar-refractivity contribution in [2.75, 3.05) is 16.8 Å². The Kier molecular flexibility index (Phi) is 5.24. The van der Waals surface area contributed by atoms with Crippen LogP contribution < -0.4 is 10.2 Å². The Balaban J connectivity index is 1.81. The van der Waals surface area contributed by atoms with Crippen LogP contribution in [0.5, 0.6) is 0 Å². The number of nitrogens with one attached hydrogen (secondary N) is 1. The van der Waals surface area contributed by atoms with Crippen LogP contribution in [-0.4, -0.2) is 38.3 Å². The normalized spacial score (nSPS) is 18.5. The maximum absolute atomic E-state index is 14.3. The van der Waals surface area contributed by atoms with Gasteiger partial charge in [-0.1, -0.05) is 29.3 Å². The minimum absolute atomic E-state index is 0.00721. The lowest BCUT2D eigenvalue weighted by molar-refractivity contribution is -0.172. The van der Waals surface area contributed by atoms with Gasteiger partial charge in [-0.25, -0.2) is 19.3 Å². The van der Waals surface area contributed by atoms with Gasteiger partial charge in [0.05, 0.1) is 24.1 Å². The molecular formula is C18H10Cl2F6N6O. The number of alkyl halides is 6. The van der Waals surface area contributed by atoms with E-state index in [-0.39, 0.29) is 16.5 Å². The summed E-state index contributed by atoms with van der Waals surface area (Å²) in [6.45, 7) is 2.33. The summed E-state index contributed by atoms with van der Waals surface area (Å²) in [6, 6.07) is 1.48. The number of pyridine rings is 1. The van der Waals surface area contributed by atoms with Gasteiger partial charge in [-0.05, 0) is 12.1 Å². The minimum atomic E-state index is -4.92. The van der Waals surface area contributed by atoms with Crippen molar-refractivity contribution < 1.29 is 31.1 Å². The molecule has 1 N–H and O–H groups in total. The van der Waals surface area contributed by atoms with E-state index < -0.39 is 52.6 Å². The molecule has 0 bridgehead atoms. The number of carbonyl (C=O) groups is 1. The average Bonchev–Trinajstić information content (AvgIpc) is 3.23. The van der Waals surface area contributed by atoms with Gasteiger partial charge in [0, 0.05) is 11.8 Å². The van der Waals surface area contributed by atoms with Gasteiger partial charge in [-0.3, -0.25) is 4.90 Å². The summed E-state index contributed by atoms with van der Waals surface area (Å²) < 4.78 is 82.6. The summed E-state index contributed by atoms with van der Waals surface area (Å²) in [4.78, 5) is 20.7. The lowest BCUT2D eigenvalue weighted by Crippen LogP contribution is -2.47. The van der Waals surface area contributed by atoms with Gasteiger partial charge < -0.3 is 5.32 Å². The third-order valence-electron chi connectivity index (χ3n) is 4.99. The average molecular weight is 511 g/mol. The Morgan fingerprint density at radius 1 is 1.15 bits per heavy atom. The van der Waals surface area contributed by atoms with Gasteiger partial charge in [0.2, 0.25) is 0 Å². The summed E-state index contributed by atoms with van der Waals surface area (Å²) in [5.74, 6) is 0. The molecule has 0 aliphatic carbocycles. The Morgan fingerprint density at radius 2 is 1.85 bits per heavy atom. The number of anilines is 2. The first-order chi connectivity index (χ1) is 15.3. The maximum atomic E-state index is 14.3. The zero-order valence-corrected chi connectivity index (χ0v) is 17.5. The third kappa shape index (κ3) is 3.74. The van der Waals surface area contributed by atoms with Crippen LogP contribution in [0, 0.1) is 0 Å². The lowest BCUT2D eigenvalue weighted by atomic mass is 9.85. The van der Waals surface area contributed by atoms with Crippen LogP contribution in [0.1, 0.15) is 11.4 Å². The molecule has 0 aromatic carbocycles. The van der Waals surface area contributed by atoms with Crippen LogP contribution >= 0.6 is 23.2 Å². The van der Waals surface area contributed by atoms with Crippen molar-refractivity contribution in [3.05, 3.63) is 58.7 Å². The minimum Gasteiger partial charge on any atom is -0.307 e. The smallest absolute Gasteiger partial charge is 0.307 e. The number of fused-ring (bicyclic) bond motifs is 3. The molecule has 4 heterocycles. The van der Waals surface area contributed by atoms with Crippen LogP contribution in [-0.2, 0) is 11.6 Å². The molecule has 1 atom stereocenters. The number of amides is 2. The van der Waals surface area contributed by atoms with Crippen molar-refractivity contribution in [3.8, 4) is 0 Å². The largest absolute Gasteiger partial charge is 0.433 e. The molecule has 174 valence electrons. The van der Waals surface area contributed by atoms with Crippen molar-refractivity contribution in [1.29, 1.82) is 0 Å². The summed E-state index contributed by atoms with van der Waals surface area (Å²) in [5, 5.41) is 5.24. The van der Waals surface area contributed by atoms with Crippen molar-refractivity contribution in [2.45, 2.75) is 17.8 Å². The second kappa shape index (κ2) is 7.48. The monoisotopic (exact) mass is 510 g/mol. The molecule has 0 unspecified atom stereocenters.